The minimum Gasteiger partial charge on any atom is -0.433 e. The number of nitrogens with zero attached hydrogens (tertiary/aromatic N) is 3. The molecule has 157 valence electrons. The Hall–Kier alpha value is -1.06. The molecular formula is C19H25B3BrClN3O3. The molecule has 0 amide bonds. The Balaban J connectivity index is 1.85. The molecule has 30 heavy (non-hydrogen) atoms. The van der Waals surface area contributed by atoms with Crippen LogP contribution in [0.25, 0.3) is 10.8 Å². The van der Waals surface area contributed by atoms with Crippen molar-refractivity contribution in [2.45, 2.75) is 39.4 Å². The van der Waals surface area contributed by atoms with Crippen LogP contribution in [0.4, 0.5) is 5.82 Å². The number of benzene rings is 1. The Bertz CT molecular complexity index is 890. The van der Waals surface area contributed by atoms with Crippen molar-refractivity contribution >= 4 is 71.7 Å². The van der Waals surface area contributed by atoms with Gasteiger partial charge in [0.2, 0.25) is 0 Å². The summed E-state index contributed by atoms with van der Waals surface area (Å²) >= 11 is 10.2. The van der Waals surface area contributed by atoms with E-state index >= 15 is 0 Å². The number of aromatic nitrogens is 1. The third kappa shape index (κ3) is 5.40. The molecule has 0 bridgehead atoms. The molecule has 1 radical (unpaired) electrons. The lowest BCUT2D eigenvalue weighted by atomic mass is 9.69. The molecule has 2 aromatic rings. The van der Waals surface area contributed by atoms with Crippen LogP contribution in [-0.4, -0.2) is 60.6 Å². The van der Waals surface area contributed by atoms with Crippen LogP contribution in [0.15, 0.2) is 22.8 Å². The molecule has 1 saturated heterocycles. The first-order valence-corrected chi connectivity index (χ1v) is 11.4. The Kier molecular flexibility index (Phi) is 8.27. The fourth-order valence-corrected chi connectivity index (χ4v) is 4.77. The van der Waals surface area contributed by atoms with Gasteiger partial charge in [-0.25, -0.2) is 4.98 Å². The number of hydrogen-bond acceptors (Lipinski definition) is 6. The quantitative estimate of drug-likeness (QED) is 0.437. The summed E-state index contributed by atoms with van der Waals surface area (Å²) in [6, 6.07) is 3.92. The van der Waals surface area contributed by atoms with Crippen molar-refractivity contribution in [3.8, 4) is 0 Å². The van der Waals surface area contributed by atoms with E-state index in [-0.39, 0.29) is 0 Å². The molecular weight excluding hydrogens is 466 g/mol. The number of carbonyl (C=O) groups is 1. The molecule has 2 heterocycles. The molecule has 1 aromatic carbocycles. The number of carbonyl (C=O) groups excluding carboxylic acids is 1. The first-order valence-electron chi connectivity index (χ1n) is 10.2. The minimum absolute atomic E-state index is 0.485. The maximum atomic E-state index is 10.5. The smallest absolute Gasteiger partial charge is 0.399 e. The monoisotopic (exact) mass is 490 g/mol. The van der Waals surface area contributed by atoms with Gasteiger partial charge in [0.25, 0.3) is 0 Å². The van der Waals surface area contributed by atoms with Crippen LogP contribution in [0.2, 0.25) is 25.0 Å². The Morgan fingerprint density at radius 3 is 2.57 bits per heavy atom. The standard InChI is InChI=1S/C19H25B3BrClN3O3/c1-21(29)27(22(2)30)19-16-8-18(24)14(7-15(16)17(23)10-25-19)11-26-5-3-13(4-6-26)9-20-12-28/h7-8,10,12-13,29-30H,3-6,9,11H2,1-2H3. The summed E-state index contributed by atoms with van der Waals surface area (Å²) in [7, 11) is -0.0934. The van der Waals surface area contributed by atoms with Gasteiger partial charge in [-0.05, 0) is 79.1 Å². The van der Waals surface area contributed by atoms with Crippen molar-refractivity contribution in [3.05, 3.63) is 33.4 Å². The number of rotatable bonds is 8. The number of piperidine rings is 1. The fourth-order valence-electron chi connectivity index (χ4n) is 4.12. The van der Waals surface area contributed by atoms with Crippen LogP contribution < -0.4 is 4.72 Å². The van der Waals surface area contributed by atoms with E-state index in [9.17, 15) is 14.8 Å². The summed E-state index contributed by atoms with van der Waals surface area (Å²) in [4.78, 5) is 17.4. The zero-order valence-electron chi connectivity index (χ0n) is 17.3. The molecule has 0 saturated carbocycles. The molecule has 0 atom stereocenters. The van der Waals surface area contributed by atoms with Gasteiger partial charge in [0, 0.05) is 33.0 Å². The van der Waals surface area contributed by atoms with Gasteiger partial charge in [-0.1, -0.05) is 17.9 Å². The lowest BCUT2D eigenvalue weighted by Gasteiger charge is -2.32. The molecule has 0 spiro atoms. The zero-order chi connectivity index (χ0) is 21.8. The van der Waals surface area contributed by atoms with Crippen LogP contribution in [0, 0.1) is 5.92 Å². The lowest BCUT2D eigenvalue weighted by Crippen LogP contribution is -2.47. The second-order valence-corrected chi connectivity index (χ2v) is 9.18. The van der Waals surface area contributed by atoms with E-state index in [1.165, 1.54) is 4.72 Å². The predicted molar refractivity (Wildman–Crippen MR) is 130 cm³/mol. The van der Waals surface area contributed by atoms with Crippen molar-refractivity contribution in [2.75, 3.05) is 17.8 Å². The SMILES string of the molecule is CB(O)N(B(C)O)c1ncc(Br)c2cc(CN3CCC(C[B]C=O)CC3)c(Cl)cc12. The predicted octanol–water partition coefficient (Wildman–Crippen LogP) is 3.20. The Labute approximate surface area is 192 Å². The summed E-state index contributed by atoms with van der Waals surface area (Å²) in [5.74, 6) is 1.06. The van der Waals surface area contributed by atoms with Gasteiger partial charge < -0.3 is 19.6 Å². The number of halogens is 2. The summed E-state index contributed by atoms with van der Waals surface area (Å²) in [5.41, 5.74) is 1.03. The molecule has 1 aliphatic rings. The first-order chi connectivity index (χ1) is 14.3. The highest BCUT2D eigenvalue weighted by Gasteiger charge is 2.28. The molecule has 0 aliphatic carbocycles. The first kappa shape index (κ1) is 23.6. The van der Waals surface area contributed by atoms with Gasteiger partial charge in [-0.2, -0.15) is 0 Å². The minimum atomic E-state index is -0.905. The maximum Gasteiger partial charge on any atom is 0.399 e. The highest BCUT2D eigenvalue weighted by Crippen LogP contribution is 2.35. The van der Waals surface area contributed by atoms with Crippen LogP contribution in [0.5, 0.6) is 0 Å². The van der Waals surface area contributed by atoms with Crippen LogP contribution in [0.1, 0.15) is 18.4 Å². The second kappa shape index (κ2) is 10.5. The van der Waals surface area contributed by atoms with Crippen molar-refractivity contribution in [2.24, 2.45) is 5.92 Å². The van der Waals surface area contributed by atoms with E-state index in [4.69, 9.17) is 11.6 Å². The zero-order valence-corrected chi connectivity index (χ0v) is 19.6. The number of fused-ring (bicyclic) bond motifs is 1. The van der Waals surface area contributed by atoms with E-state index in [2.05, 4.69) is 31.9 Å². The molecule has 1 aromatic heterocycles. The molecule has 2 N–H and O–H groups in total. The number of anilines is 1. The molecule has 6 nitrogen and oxygen atoms in total. The van der Waals surface area contributed by atoms with Gasteiger partial charge in [-0.15, -0.1) is 0 Å². The maximum absolute atomic E-state index is 10.5. The molecule has 1 fully saturated rings. The van der Waals surface area contributed by atoms with Gasteiger partial charge in [-0.3, -0.25) is 4.90 Å². The van der Waals surface area contributed by atoms with Crippen LogP contribution in [0.3, 0.4) is 0 Å². The van der Waals surface area contributed by atoms with Gasteiger partial charge >= 0.3 is 14.1 Å². The van der Waals surface area contributed by atoms with Crippen LogP contribution in [-0.2, 0) is 11.3 Å². The largest absolute Gasteiger partial charge is 0.433 e. The highest BCUT2D eigenvalue weighted by atomic mass is 79.9. The summed E-state index contributed by atoms with van der Waals surface area (Å²) in [5, 5.41) is 22.6. The van der Waals surface area contributed by atoms with Crippen LogP contribution >= 0.6 is 27.5 Å². The van der Waals surface area contributed by atoms with Crippen molar-refractivity contribution in [3.63, 3.8) is 0 Å². The lowest BCUT2D eigenvalue weighted by molar-refractivity contribution is 0.185. The molecule has 3 rings (SSSR count). The second-order valence-electron chi connectivity index (χ2n) is 7.92. The topological polar surface area (TPSA) is 76.9 Å². The third-order valence-electron chi connectivity index (χ3n) is 5.70. The van der Waals surface area contributed by atoms with E-state index in [0.717, 1.165) is 65.8 Å². The average Bonchev–Trinajstić information content (AvgIpc) is 2.70. The van der Waals surface area contributed by atoms with Crippen molar-refractivity contribution < 1.29 is 14.8 Å². The van der Waals surface area contributed by atoms with Gasteiger partial charge in [0.15, 0.2) is 7.28 Å². The average molecular weight is 491 g/mol. The summed E-state index contributed by atoms with van der Waals surface area (Å²) in [6.07, 6.45) is 5.58. The fraction of sp³-hybridized carbons (Fsp3) is 0.474. The van der Waals surface area contributed by atoms with Crippen molar-refractivity contribution in [1.82, 2.24) is 9.88 Å². The van der Waals surface area contributed by atoms with E-state index in [0.29, 0.717) is 16.8 Å². The number of hydrogen-bond donors (Lipinski definition) is 2. The highest BCUT2D eigenvalue weighted by molar-refractivity contribution is 9.10. The van der Waals surface area contributed by atoms with E-state index in [1.54, 1.807) is 27.1 Å². The number of likely N-dealkylation sites (tertiary alicyclic amines) is 1. The summed E-state index contributed by atoms with van der Waals surface area (Å²) < 4.78 is 2.28. The summed E-state index contributed by atoms with van der Waals surface area (Å²) in [6.45, 7) is 5.89. The number of pyridine rings is 1. The molecule has 0 unspecified atom stereocenters. The van der Waals surface area contributed by atoms with Gasteiger partial charge in [0.1, 0.15) is 5.82 Å². The normalized spacial score (nSPS) is 15.3. The Morgan fingerprint density at radius 1 is 1.30 bits per heavy atom. The van der Waals surface area contributed by atoms with E-state index in [1.807, 2.05) is 6.07 Å². The molecule has 11 heteroatoms. The van der Waals surface area contributed by atoms with Crippen molar-refractivity contribution in [1.29, 1.82) is 0 Å². The molecule has 1 aliphatic heterocycles. The third-order valence-corrected chi connectivity index (χ3v) is 6.69. The van der Waals surface area contributed by atoms with E-state index < -0.39 is 14.1 Å². The Morgan fingerprint density at radius 2 is 1.97 bits per heavy atom. The van der Waals surface area contributed by atoms with Gasteiger partial charge in [0.05, 0.1) is 6.19 Å².